The maximum atomic E-state index is 3.49. The summed E-state index contributed by atoms with van der Waals surface area (Å²) in [6, 6.07) is 0. The van der Waals surface area contributed by atoms with Crippen LogP contribution in [0, 0.1) is 0 Å². The fraction of sp³-hybridized carbons (Fsp3) is 1.00. The van der Waals surface area contributed by atoms with Crippen LogP contribution < -0.4 is 0 Å². The molecule has 0 unspecified atom stereocenters. The Kier molecular flexibility index (Phi) is 5.49. The van der Waals surface area contributed by atoms with Gasteiger partial charge in [0.1, 0.15) is 0 Å². The van der Waals surface area contributed by atoms with Crippen LogP contribution in [-0.4, -0.2) is 17.1 Å². The SMILES string of the molecule is C[CH2][Bi]([Br])[Br]. The van der Waals surface area contributed by atoms with E-state index < -0.39 is 17.1 Å². The van der Waals surface area contributed by atoms with Crippen molar-refractivity contribution in [3.05, 3.63) is 0 Å². The summed E-state index contributed by atoms with van der Waals surface area (Å²) in [5, 5.41) is 0. The van der Waals surface area contributed by atoms with Gasteiger partial charge in [0.25, 0.3) is 0 Å². The molecule has 0 N–H and O–H groups in total. The standard InChI is InChI=1S/C2H5.Bi.2BrH/c1-2;;;/h1H2,2H3;;2*1H/q;+2;;/p-2. The number of hydrogen-bond acceptors (Lipinski definition) is 0. The van der Waals surface area contributed by atoms with Crippen molar-refractivity contribution in [2.75, 3.05) is 0 Å². The first-order valence-corrected chi connectivity index (χ1v) is 18.9. The van der Waals surface area contributed by atoms with Crippen LogP contribution in [0.25, 0.3) is 0 Å². The second-order valence-corrected chi connectivity index (χ2v) is 28.8. The molecule has 0 fully saturated rings. The van der Waals surface area contributed by atoms with Crippen molar-refractivity contribution in [3.8, 4) is 0 Å². The molecular weight excluding hydrogens is 393 g/mol. The molecule has 0 amide bonds. The Balaban J connectivity index is 2.54. The number of rotatable bonds is 1. The molecule has 0 heterocycles. The van der Waals surface area contributed by atoms with Gasteiger partial charge in [-0.25, -0.2) is 0 Å². The summed E-state index contributed by atoms with van der Waals surface area (Å²) in [5.74, 6) is 0. The van der Waals surface area contributed by atoms with Crippen molar-refractivity contribution in [1.29, 1.82) is 0 Å². The van der Waals surface area contributed by atoms with Gasteiger partial charge in [0.2, 0.25) is 0 Å². The summed E-state index contributed by atoms with van der Waals surface area (Å²) >= 11 is 5.98. The van der Waals surface area contributed by atoms with Crippen LogP contribution in [0.3, 0.4) is 0 Å². The van der Waals surface area contributed by atoms with Gasteiger partial charge in [0.05, 0.1) is 0 Å². The third-order valence-corrected chi connectivity index (χ3v) is 10.9. The van der Waals surface area contributed by atoms with E-state index in [0.29, 0.717) is 0 Å². The second kappa shape index (κ2) is 4.01. The van der Waals surface area contributed by atoms with Crippen LogP contribution in [0.4, 0.5) is 0 Å². The molecule has 0 rings (SSSR count). The predicted octanol–water partition coefficient (Wildman–Crippen LogP) is 2.28. The monoisotopic (exact) mass is 396 g/mol. The molecule has 0 aromatic heterocycles. The Morgan fingerprint density at radius 3 is 1.80 bits per heavy atom. The molecule has 0 aromatic carbocycles. The zero-order valence-electron chi connectivity index (χ0n) is 2.91. The van der Waals surface area contributed by atoms with E-state index in [-0.39, 0.29) is 0 Å². The molecule has 3 heteroatoms. The Labute approximate surface area is 51.9 Å². The fourth-order valence-corrected chi connectivity index (χ4v) is 0. The molecule has 0 aliphatic carbocycles. The van der Waals surface area contributed by atoms with Gasteiger partial charge in [-0.05, 0) is 0 Å². The summed E-state index contributed by atoms with van der Waals surface area (Å²) in [4.78, 5) is 0. The van der Waals surface area contributed by atoms with E-state index in [2.05, 4.69) is 31.4 Å². The van der Waals surface area contributed by atoms with Gasteiger partial charge in [-0.2, -0.15) is 0 Å². The van der Waals surface area contributed by atoms with Crippen LogP contribution >= 0.6 is 24.4 Å². The molecule has 0 aromatic rings. The summed E-state index contributed by atoms with van der Waals surface area (Å²) in [5.41, 5.74) is 0. The first kappa shape index (κ1) is 6.84. The van der Waals surface area contributed by atoms with Crippen molar-refractivity contribution < 1.29 is 0 Å². The zero-order chi connectivity index (χ0) is 4.28. The van der Waals surface area contributed by atoms with Gasteiger partial charge in [0, 0.05) is 0 Å². The van der Waals surface area contributed by atoms with Gasteiger partial charge in [0.15, 0.2) is 0 Å². The molecule has 0 atom stereocenters. The van der Waals surface area contributed by atoms with Crippen LogP contribution in [0.1, 0.15) is 6.92 Å². The second-order valence-electron chi connectivity index (χ2n) is 0.619. The Morgan fingerprint density at radius 1 is 1.60 bits per heavy atom. The summed E-state index contributed by atoms with van der Waals surface area (Å²) < 4.78 is 1.34. The minimum absolute atomic E-state index is 1.01. The molecule has 0 saturated carbocycles. The van der Waals surface area contributed by atoms with E-state index in [9.17, 15) is 0 Å². The first-order valence-electron chi connectivity index (χ1n) is 1.36. The average Bonchev–Trinajstić information content (AvgIpc) is 1.38. The molecular formula is C2H5BiBr2. The van der Waals surface area contributed by atoms with Crippen LogP contribution in [0.5, 0.6) is 0 Å². The first-order chi connectivity index (χ1) is 2.27. The van der Waals surface area contributed by atoms with Crippen molar-refractivity contribution >= 4 is 41.5 Å². The van der Waals surface area contributed by atoms with Crippen LogP contribution in [0.2, 0.25) is 4.13 Å². The fourth-order valence-electron chi connectivity index (χ4n) is 0. The van der Waals surface area contributed by atoms with E-state index >= 15 is 0 Å². The van der Waals surface area contributed by atoms with Crippen molar-refractivity contribution in [2.24, 2.45) is 0 Å². The van der Waals surface area contributed by atoms with E-state index in [1.807, 2.05) is 0 Å². The third kappa shape index (κ3) is 5.84. The summed E-state index contributed by atoms with van der Waals surface area (Å²) in [6.45, 7) is 2.20. The molecule has 0 spiro atoms. The molecule has 0 radical (unpaired) electrons. The minimum atomic E-state index is -1.01. The summed E-state index contributed by atoms with van der Waals surface area (Å²) in [7, 11) is 0. The van der Waals surface area contributed by atoms with E-state index in [4.69, 9.17) is 0 Å². The van der Waals surface area contributed by atoms with Gasteiger partial charge in [-0.15, -0.1) is 0 Å². The van der Waals surface area contributed by atoms with Crippen molar-refractivity contribution in [3.63, 3.8) is 0 Å². The van der Waals surface area contributed by atoms with Gasteiger partial charge in [-0.1, -0.05) is 0 Å². The topological polar surface area (TPSA) is 0 Å². The normalized spacial score (nSPS) is 9.60. The molecule has 0 bridgehead atoms. The Bertz CT molecular complexity index is 21.6. The third-order valence-electron chi connectivity index (χ3n) is 0.239. The molecule has 0 nitrogen and oxygen atoms in total. The van der Waals surface area contributed by atoms with Gasteiger partial charge in [-0.3, -0.25) is 0 Å². The van der Waals surface area contributed by atoms with Gasteiger partial charge >= 0.3 is 52.5 Å². The molecule has 0 saturated heterocycles. The van der Waals surface area contributed by atoms with Crippen LogP contribution in [0.15, 0.2) is 0 Å². The predicted molar refractivity (Wildman–Crippen MR) is 34.1 cm³/mol. The number of hydrogen-bond donors (Lipinski definition) is 0. The maximum absolute atomic E-state index is 3.49. The van der Waals surface area contributed by atoms with E-state index in [0.717, 1.165) is 0 Å². The molecule has 0 aliphatic heterocycles. The van der Waals surface area contributed by atoms with Crippen molar-refractivity contribution in [2.45, 2.75) is 11.1 Å². The molecule has 5 heavy (non-hydrogen) atoms. The number of halogens is 2. The quantitative estimate of drug-likeness (QED) is 0.596. The average molecular weight is 398 g/mol. The van der Waals surface area contributed by atoms with Crippen LogP contribution in [-0.2, 0) is 0 Å². The Hall–Kier alpha value is 1.84. The van der Waals surface area contributed by atoms with Crippen molar-refractivity contribution in [1.82, 2.24) is 0 Å². The molecule has 0 aliphatic rings. The summed E-state index contributed by atoms with van der Waals surface area (Å²) in [6.07, 6.45) is 0. The molecule has 32 valence electrons. The van der Waals surface area contributed by atoms with Gasteiger partial charge < -0.3 is 0 Å². The Morgan fingerprint density at radius 2 is 1.80 bits per heavy atom. The zero-order valence-corrected chi connectivity index (χ0v) is 9.56. The van der Waals surface area contributed by atoms with E-state index in [1.165, 1.54) is 4.13 Å². The van der Waals surface area contributed by atoms with E-state index in [1.54, 1.807) is 0 Å².